The Bertz CT molecular complexity index is 96.4. The van der Waals surface area contributed by atoms with Gasteiger partial charge < -0.3 is 10.2 Å². The van der Waals surface area contributed by atoms with E-state index in [1.807, 2.05) is 25.9 Å². The summed E-state index contributed by atoms with van der Waals surface area (Å²) in [6.07, 6.45) is -2.25. The molecule has 0 bridgehead atoms. The second-order valence-electron chi connectivity index (χ2n) is 2.86. The largest absolute Gasteiger partial charge is 0.310 e. The van der Waals surface area contributed by atoms with Gasteiger partial charge in [-0.1, -0.05) is 0 Å². The molecular weight excluding hydrogens is 150 g/mol. The first kappa shape index (κ1) is 10.8. The molecule has 2 nitrogen and oxygen atoms in total. The quantitative estimate of drug-likeness (QED) is 0.649. The van der Waals surface area contributed by atoms with Crippen molar-refractivity contribution in [1.29, 1.82) is 0 Å². The molecule has 11 heavy (non-hydrogen) atoms. The molecule has 0 aliphatic carbocycles. The van der Waals surface area contributed by atoms with E-state index < -0.39 is 6.43 Å². The Balaban J connectivity index is 3.24. The zero-order valence-corrected chi connectivity index (χ0v) is 7.27. The maximum atomic E-state index is 11.6. The van der Waals surface area contributed by atoms with Crippen molar-refractivity contribution in [3.8, 4) is 0 Å². The van der Waals surface area contributed by atoms with Gasteiger partial charge in [0.15, 0.2) is 0 Å². The van der Waals surface area contributed by atoms with Crippen molar-refractivity contribution in [2.75, 3.05) is 27.2 Å². The van der Waals surface area contributed by atoms with Gasteiger partial charge in [0.25, 0.3) is 6.43 Å². The lowest BCUT2D eigenvalue weighted by molar-refractivity contribution is 0.142. The third-order valence-corrected chi connectivity index (χ3v) is 1.62. The molecule has 0 amide bonds. The van der Waals surface area contributed by atoms with Crippen LogP contribution in [0.3, 0.4) is 0 Å². The maximum absolute atomic E-state index is 11.6. The molecule has 0 aliphatic heterocycles. The second kappa shape index (κ2) is 5.43. The van der Waals surface area contributed by atoms with E-state index in [9.17, 15) is 8.78 Å². The predicted molar refractivity (Wildman–Crippen MR) is 42.0 cm³/mol. The average molecular weight is 166 g/mol. The number of rotatable bonds is 5. The summed E-state index contributed by atoms with van der Waals surface area (Å²) >= 11 is 0. The lowest BCUT2D eigenvalue weighted by Gasteiger charge is -2.19. The number of halogens is 2. The molecule has 68 valence electrons. The van der Waals surface area contributed by atoms with Gasteiger partial charge in [-0.2, -0.15) is 0 Å². The first-order valence-corrected chi connectivity index (χ1v) is 3.69. The van der Waals surface area contributed by atoms with Crippen LogP contribution in [0.2, 0.25) is 0 Å². The molecule has 0 radical (unpaired) electrons. The Morgan fingerprint density at radius 3 is 2.18 bits per heavy atom. The Kier molecular flexibility index (Phi) is 5.32. The van der Waals surface area contributed by atoms with E-state index >= 15 is 0 Å². The molecule has 0 aromatic carbocycles. The molecule has 0 aliphatic rings. The second-order valence-corrected chi connectivity index (χ2v) is 2.86. The SMILES string of the molecule is CC(CNCC(F)F)N(C)C. The highest BCUT2D eigenvalue weighted by atomic mass is 19.3. The van der Waals surface area contributed by atoms with Gasteiger partial charge in [0, 0.05) is 12.6 Å². The van der Waals surface area contributed by atoms with Crippen LogP contribution in [0.1, 0.15) is 6.92 Å². The van der Waals surface area contributed by atoms with Crippen molar-refractivity contribution in [2.45, 2.75) is 19.4 Å². The summed E-state index contributed by atoms with van der Waals surface area (Å²) in [5.41, 5.74) is 0. The third kappa shape index (κ3) is 6.19. The van der Waals surface area contributed by atoms with Crippen LogP contribution in [0.15, 0.2) is 0 Å². The molecule has 1 unspecified atom stereocenters. The molecule has 1 N–H and O–H groups in total. The summed E-state index contributed by atoms with van der Waals surface area (Å²) in [4.78, 5) is 1.98. The van der Waals surface area contributed by atoms with Crippen molar-refractivity contribution in [3.05, 3.63) is 0 Å². The van der Waals surface area contributed by atoms with E-state index in [0.29, 0.717) is 12.6 Å². The zero-order chi connectivity index (χ0) is 8.85. The number of likely N-dealkylation sites (N-methyl/N-ethyl adjacent to an activating group) is 1. The highest BCUT2D eigenvalue weighted by molar-refractivity contribution is 4.62. The van der Waals surface area contributed by atoms with Crippen LogP contribution >= 0.6 is 0 Å². The van der Waals surface area contributed by atoms with E-state index in [1.54, 1.807) is 0 Å². The summed E-state index contributed by atoms with van der Waals surface area (Å²) in [5.74, 6) is 0. The van der Waals surface area contributed by atoms with Crippen molar-refractivity contribution in [3.63, 3.8) is 0 Å². The van der Waals surface area contributed by atoms with Crippen LogP contribution in [0, 0.1) is 0 Å². The molecule has 0 aromatic rings. The van der Waals surface area contributed by atoms with Gasteiger partial charge >= 0.3 is 0 Å². The first-order valence-electron chi connectivity index (χ1n) is 3.69. The van der Waals surface area contributed by atoms with Gasteiger partial charge in [-0.25, -0.2) is 8.78 Å². The molecule has 0 aromatic heterocycles. The monoisotopic (exact) mass is 166 g/mol. The summed E-state index contributed by atoms with van der Waals surface area (Å²) < 4.78 is 23.2. The molecule has 0 fully saturated rings. The van der Waals surface area contributed by atoms with E-state index in [1.165, 1.54) is 0 Å². The Morgan fingerprint density at radius 1 is 1.27 bits per heavy atom. The van der Waals surface area contributed by atoms with Gasteiger partial charge in [-0.3, -0.25) is 0 Å². The Hall–Kier alpha value is -0.220. The van der Waals surface area contributed by atoms with Crippen molar-refractivity contribution in [2.24, 2.45) is 0 Å². The number of nitrogens with zero attached hydrogens (tertiary/aromatic N) is 1. The predicted octanol–water partition coefficient (Wildman–Crippen LogP) is 0.791. The molecule has 4 heteroatoms. The molecule has 0 rings (SSSR count). The van der Waals surface area contributed by atoms with Crippen molar-refractivity contribution < 1.29 is 8.78 Å². The molecule has 0 saturated heterocycles. The van der Waals surface area contributed by atoms with Crippen LogP contribution in [-0.2, 0) is 0 Å². The minimum absolute atomic E-state index is 0.210. The summed E-state index contributed by atoms with van der Waals surface area (Å²) in [5, 5.41) is 2.67. The smallest absolute Gasteiger partial charge is 0.250 e. The van der Waals surface area contributed by atoms with Crippen LogP contribution in [0.4, 0.5) is 8.78 Å². The molecular formula is C7H16F2N2. The molecule has 0 heterocycles. The fourth-order valence-corrected chi connectivity index (χ4v) is 0.584. The van der Waals surface area contributed by atoms with Gasteiger partial charge in [0.05, 0.1) is 6.54 Å². The van der Waals surface area contributed by atoms with Gasteiger partial charge in [-0.15, -0.1) is 0 Å². The molecule has 0 saturated carbocycles. The van der Waals surface area contributed by atoms with E-state index in [2.05, 4.69) is 5.32 Å². The molecule has 1 atom stereocenters. The van der Waals surface area contributed by atoms with Crippen LogP contribution in [0.5, 0.6) is 0 Å². The third-order valence-electron chi connectivity index (χ3n) is 1.62. The van der Waals surface area contributed by atoms with E-state index in [0.717, 1.165) is 0 Å². The minimum atomic E-state index is -2.25. The van der Waals surface area contributed by atoms with Crippen LogP contribution < -0.4 is 5.32 Å². The number of nitrogens with one attached hydrogen (secondary N) is 1. The Morgan fingerprint density at radius 2 is 1.82 bits per heavy atom. The van der Waals surface area contributed by atoms with Crippen LogP contribution in [-0.4, -0.2) is 44.6 Å². The standard InChI is InChI=1S/C7H16F2N2/c1-6(11(2)3)4-10-5-7(8)9/h6-7,10H,4-5H2,1-3H3. The number of alkyl halides is 2. The fourth-order valence-electron chi connectivity index (χ4n) is 0.584. The lowest BCUT2D eigenvalue weighted by atomic mass is 10.3. The highest BCUT2D eigenvalue weighted by Gasteiger charge is 2.05. The van der Waals surface area contributed by atoms with Gasteiger partial charge in [0.2, 0.25) is 0 Å². The maximum Gasteiger partial charge on any atom is 0.250 e. The summed E-state index contributed by atoms with van der Waals surface area (Å²) in [7, 11) is 3.85. The first-order chi connectivity index (χ1) is 5.04. The van der Waals surface area contributed by atoms with Gasteiger partial charge in [0.1, 0.15) is 0 Å². The number of hydrogen-bond acceptors (Lipinski definition) is 2. The van der Waals surface area contributed by atoms with Crippen molar-refractivity contribution >= 4 is 0 Å². The summed E-state index contributed by atoms with van der Waals surface area (Å²) in [6, 6.07) is 0.300. The zero-order valence-electron chi connectivity index (χ0n) is 7.27. The van der Waals surface area contributed by atoms with E-state index in [4.69, 9.17) is 0 Å². The fraction of sp³-hybridized carbons (Fsp3) is 1.00. The lowest BCUT2D eigenvalue weighted by Crippen LogP contribution is -2.37. The minimum Gasteiger partial charge on any atom is -0.310 e. The Labute approximate surface area is 66.6 Å². The summed E-state index contributed by atoms with van der Waals surface area (Å²) in [6.45, 7) is 2.38. The van der Waals surface area contributed by atoms with Crippen molar-refractivity contribution in [1.82, 2.24) is 10.2 Å². The normalized spacial score (nSPS) is 14.5. The number of hydrogen-bond donors (Lipinski definition) is 1. The van der Waals surface area contributed by atoms with Crippen LogP contribution in [0.25, 0.3) is 0 Å². The van der Waals surface area contributed by atoms with Gasteiger partial charge in [-0.05, 0) is 21.0 Å². The highest BCUT2D eigenvalue weighted by Crippen LogP contribution is 1.91. The molecule has 0 spiro atoms. The topological polar surface area (TPSA) is 15.3 Å². The average Bonchev–Trinajstić information content (AvgIpc) is 1.86. The van der Waals surface area contributed by atoms with E-state index in [-0.39, 0.29) is 6.54 Å².